The van der Waals surface area contributed by atoms with Gasteiger partial charge in [-0.15, -0.1) is 0 Å². The number of hydrogen-bond donors (Lipinski definition) is 4. The van der Waals surface area contributed by atoms with Crippen LogP contribution in [0.25, 0.3) is 0 Å². The van der Waals surface area contributed by atoms with E-state index in [0.29, 0.717) is 22.1 Å². The van der Waals surface area contributed by atoms with Crippen LogP contribution < -0.4 is 26.0 Å². The molecule has 0 bridgehead atoms. The van der Waals surface area contributed by atoms with Crippen LogP contribution in [0, 0.1) is 0 Å². The van der Waals surface area contributed by atoms with Gasteiger partial charge in [0.25, 0.3) is 5.91 Å². The van der Waals surface area contributed by atoms with Crippen molar-refractivity contribution in [2.45, 2.75) is 6.92 Å². The summed E-state index contributed by atoms with van der Waals surface area (Å²) in [6, 6.07) is 9.08. The summed E-state index contributed by atoms with van der Waals surface area (Å²) in [6.07, 6.45) is 0. The predicted molar refractivity (Wildman–Crippen MR) is 118 cm³/mol. The lowest BCUT2D eigenvalue weighted by atomic mass is 10.2. The molecule has 9 nitrogen and oxygen atoms in total. The van der Waals surface area contributed by atoms with Gasteiger partial charge in [-0.3, -0.25) is 19.2 Å². The van der Waals surface area contributed by atoms with Crippen LogP contribution in [0.5, 0.6) is 5.75 Å². The number of amides is 4. The molecule has 0 aliphatic rings. The van der Waals surface area contributed by atoms with Crippen LogP contribution >= 0.6 is 23.2 Å². The van der Waals surface area contributed by atoms with E-state index in [2.05, 4.69) is 21.3 Å². The zero-order valence-corrected chi connectivity index (χ0v) is 18.2. The summed E-state index contributed by atoms with van der Waals surface area (Å²) in [6.45, 7) is 0.661. The Labute approximate surface area is 188 Å². The predicted octanol–water partition coefficient (Wildman–Crippen LogP) is 2.45. The number of ether oxygens (including phenoxy) is 1. The zero-order valence-electron chi connectivity index (χ0n) is 16.7. The van der Waals surface area contributed by atoms with Crippen molar-refractivity contribution in [3.05, 3.63) is 52.0 Å². The molecule has 2 aromatic rings. The Kier molecular flexibility index (Phi) is 8.65. The fourth-order valence-corrected chi connectivity index (χ4v) is 2.95. The molecule has 0 heterocycles. The van der Waals surface area contributed by atoms with Crippen LogP contribution in [0.4, 0.5) is 11.4 Å². The monoisotopic (exact) mass is 466 g/mol. The Bertz CT molecular complexity index is 1010. The van der Waals surface area contributed by atoms with Gasteiger partial charge in [0.2, 0.25) is 17.7 Å². The van der Waals surface area contributed by atoms with Crippen LogP contribution in [-0.2, 0) is 14.4 Å². The van der Waals surface area contributed by atoms with Crippen molar-refractivity contribution in [2.24, 2.45) is 0 Å². The van der Waals surface area contributed by atoms with E-state index in [1.807, 2.05) is 0 Å². The third-order valence-electron chi connectivity index (χ3n) is 3.83. The molecule has 0 aliphatic carbocycles. The van der Waals surface area contributed by atoms with Crippen LogP contribution in [0.15, 0.2) is 36.4 Å². The number of rotatable bonds is 8. The lowest BCUT2D eigenvalue weighted by Crippen LogP contribution is -2.40. The van der Waals surface area contributed by atoms with E-state index in [0.717, 1.165) is 0 Å². The highest BCUT2D eigenvalue weighted by molar-refractivity contribution is 6.36. The maximum absolute atomic E-state index is 12.2. The quantitative estimate of drug-likeness (QED) is 0.475. The topological polar surface area (TPSA) is 126 Å². The van der Waals surface area contributed by atoms with Gasteiger partial charge in [-0.05, 0) is 36.4 Å². The first-order valence-electron chi connectivity index (χ1n) is 8.95. The number of halogens is 2. The molecule has 11 heteroatoms. The van der Waals surface area contributed by atoms with Gasteiger partial charge >= 0.3 is 0 Å². The molecule has 2 rings (SSSR count). The molecule has 0 saturated carbocycles. The average molecular weight is 467 g/mol. The van der Waals surface area contributed by atoms with E-state index in [4.69, 9.17) is 27.9 Å². The maximum atomic E-state index is 12.2. The Morgan fingerprint density at radius 2 is 1.61 bits per heavy atom. The summed E-state index contributed by atoms with van der Waals surface area (Å²) in [5.74, 6) is -1.55. The van der Waals surface area contributed by atoms with Crippen LogP contribution in [0.2, 0.25) is 10.0 Å². The van der Waals surface area contributed by atoms with Gasteiger partial charge in [-0.2, -0.15) is 0 Å². The lowest BCUT2D eigenvalue weighted by molar-refractivity contribution is -0.123. The zero-order chi connectivity index (χ0) is 23.0. The average Bonchev–Trinajstić information content (AvgIpc) is 2.70. The minimum absolute atomic E-state index is 0.153. The minimum Gasteiger partial charge on any atom is -0.495 e. The molecule has 4 amide bonds. The first-order valence-corrected chi connectivity index (χ1v) is 9.70. The summed E-state index contributed by atoms with van der Waals surface area (Å²) < 4.78 is 5.17. The highest BCUT2D eigenvalue weighted by Gasteiger charge is 2.14. The Morgan fingerprint density at radius 1 is 0.903 bits per heavy atom. The molecule has 0 atom stereocenters. The minimum atomic E-state index is -0.576. The van der Waals surface area contributed by atoms with E-state index < -0.39 is 17.7 Å². The molecule has 0 spiro atoms. The number of benzene rings is 2. The van der Waals surface area contributed by atoms with E-state index in [-0.39, 0.29) is 29.6 Å². The van der Waals surface area contributed by atoms with Crippen molar-refractivity contribution < 1.29 is 23.9 Å². The van der Waals surface area contributed by atoms with E-state index in [1.165, 1.54) is 38.3 Å². The van der Waals surface area contributed by atoms with Crippen LogP contribution in [0.3, 0.4) is 0 Å². The molecule has 31 heavy (non-hydrogen) atoms. The molecule has 0 unspecified atom stereocenters. The molecular weight excluding hydrogens is 447 g/mol. The lowest BCUT2D eigenvalue weighted by Gasteiger charge is -2.13. The summed E-state index contributed by atoms with van der Waals surface area (Å²) >= 11 is 11.7. The van der Waals surface area contributed by atoms with Crippen molar-refractivity contribution in [2.75, 3.05) is 30.8 Å². The van der Waals surface area contributed by atoms with E-state index in [9.17, 15) is 19.2 Å². The SMILES string of the molecule is COc1ccc(NC(C)=O)cc1NC(=O)CNC(=O)CNC(=O)c1ccc(Cl)cc1Cl. The van der Waals surface area contributed by atoms with Gasteiger partial charge < -0.3 is 26.0 Å². The second-order valence-electron chi connectivity index (χ2n) is 6.23. The molecule has 0 fully saturated rings. The molecule has 0 radical (unpaired) electrons. The summed E-state index contributed by atoms with van der Waals surface area (Å²) in [7, 11) is 1.43. The maximum Gasteiger partial charge on any atom is 0.253 e. The van der Waals surface area contributed by atoms with E-state index >= 15 is 0 Å². The number of hydrogen-bond acceptors (Lipinski definition) is 5. The number of carbonyl (C=O) groups is 4. The summed E-state index contributed by atoms with van der Waals surface area (Å²) in [4.78, 5) is 47.4. The second-order valence-corrected chi connectivity index (χ2v) is 7.07. The molecule has 4 N–H and O–H groups in total. The number of anilines is 2. The largest absolute Gasteiger partial charge is 0.495 e. The smallest absolute Gasteiger partial charge is 0.253 e. The third kappa shape index (κ3) is 7.47. The molecule has 164 valence electrons. The van der Waals surface area contributed by atoms with Crippen molar-refractivity contribution in [3.63, 3.8) is 0 Å². The van der Waals surface area contributed by atoms with Gasteiger partial charge in [0.15, 0.2) is 0 Å². The highest BCUT2D eigenvalue weighted by atomic mass is 35.5. The number of carbonyl (C=O) groups excluding carboxylic acids is 4. The fraction of sp³-hybridized carbons (Fsp3) is 0.200. The van der Waals surface area contributed by atoms with Crippen molar-refractivity contribution in [1.82, 2.24) is 10.6 Å². The van der Waals surface area contributed by atoms with Gasteiger partial charge in [0.05, 0.1) is 36.5 Å². The van der Waals surface area contributed by atoms with Crippen LogP contribution in [0.1, 0.15) is 17.3 Å². The third-order valence-corrected chi connectivity index (χ3v) is 4.37. The molecule has 2 aromatic carbocycles. The van der Waals surface area contributed by atoms with Gasteiger partial charge in [-0.25, -0.2) is 0 Å². The molecule has 0 saturated heterocycles. The van der Waals surface area contributed by atoms with Crippen molar-refractivity contribution in [3.8, 4) is 5.75 Å². The number of methoxy groups -OCH3 is 1. The second kappa shape index (κ2) is 11.2. The highest BCUT2D eigenvalue weighted by Crippen LogP contribution is 2.27. The Morgan fingerprint density at radius 3 is 2.26 bits per heavy atom. The van der Waals surface area contributed by atoms with Gasteiger partial charge in [0, 0.05) is 17.6 Å². The Hall–Kier alpha value is -3.30. The summed E-state index contributed by atoms with van der Waals surface area (Å²) in [5, 5.41) is 10.5. The van der Waals surface area contributed by atoms with Crippen molar-refractivity contribution in [1.29, 1.82) is 0 Å². The van der Waals surface area contributed by atoms with Gasteiger partial charge in [-0.1, -0.05) is 23.2 Å². The Balaban J connectivity index is 1.86. The standard InChI is InChI=1S/C20H20Cl2N4O5/c1-11(27)25-13-4-6-17(31-2)16(8-13)26-19(29)10-23-18(28)9-24-20(30)14-5-3-12(21)7-15(14)22/h3-8H,9-10H2,1-2H3,(H,23,28)(H,24,30)(H,25,27)(H,26,29). The normalized spacial score (nSPS) is 10.1. The first-order chi connectivity index (χ1) is 14.7. The summed E-state index contributed by atoms with van der Waals surface area (Å²) in [5.41, 5.74) is 0.956. The van der Waals surface area contributed by atoms with Crippen LogP contribution in [-0.4, -0.2) is 43.8 Å². The molecule has 0 aliphatic heterocycles. The first kappa shape index (κ1) is 24.0. The van der Waals surface area contributed by atoms with E-state index in [1.54, 1.807) is 12.1 Å². The number of nitrogens with one attached hydrogen (secondary N) is 4. The molecular formula is C20H20Cl2N4O5. The van der Waals surface area contributed by atoms with Crippen molar-refractivity contribution >= 4 is 58.2 Å². The van der Waals surface area contributed by atoms with Gasteiger partial charge in [0.1, 0.15) is 5.75 Å². The fourth-order valence-electron chi connectivity index (χ4n) is 2.45. The molecule has 0 aromatic heterocycles.